The number of fused-ring (bicyclic) bond motifs is 2. The van der Waals surface area contributed by atoms with Crippen LogP contribution in [0.4, 0.5) is 0 Å². The molecule has 0 amide bonds. The molecule has 0 spiro atoms. The van der Waals surface area contributed by atoms with Crippen molar-refractivity contribution in [2.45, 2.75) is 44.7 Å². The van der Waals surface area contributed by atoms with Gasteiger partial charge >= 0.3 is 0 Å². The molecule has 5 heteroatoms. The van der Waals surface area contributed by atoms with Crippen LogP contribution >= 0.6 is 0 Å². The number of aryl methyl sites for hydroxylation is 1. The molecule has 2 atom stereocenters. The van der Waals surface area contributed by atoms with Gasteiger partial charge in [0.25, 0.3) is 0 Å². The number of nitrogens with zero attached hydrogens (tertiary/aromatic N) is 3. The van der Waals surface area contributed by atoms with Gasteiger partial charge in [-0.05, 0) is 74.9 Å². The molecule has 1 saturated heterocycles. The molecule has 5 nitrogen and oxygen atoms in total. The first-order chi connectivity index (χ1) is 13.9. The van der Waals surface area contributed by atoms with Gasteiger partial charge in [0.1, 0.15) is 5.82 Å². The van der Waals surface area contributed by atoms with Crippen LogP contribution < -0.4 is 5.32 Å². The molecule has 0 bridgehead atoms. The zero-order chi connectivity index (χ0) is 18.8. The number of piperidine rings is 1. The Bertz CT molecular complexity index is 894. The minimum atomic E-state index is 0.389. The van der Waals surface area contributed by atoms with Gasteiger partial charge in [-0.2, -0.15) is 0 Å². The van der Waals surface area contributed by atoms with Crippen LogP contribution in [0.25, 0.3) is 11.0 Å². The van der Waals surface area contributed by atoms with Crippen LogP contribution in [-0.4, -0.2) is 39.5 Å². The number of imidazole rings is 1. The average Bonchev–Trinajstić information content (AvgIpc) is 3.16. The van der Waals surface area contributed by atoms with Gasteiger partial charge in [0, 0.05) is 12.7 Å². The molecule has 1 aromatic carbocycles. The first-order valence-electron chi connectivity index (χ1n) is 10.7. The summed E-state index contributed by atoms with van der Waals surface area (Å²) in [5.41, 5.74) is 4.89. The van der Waals surface area contributed by atoms with Gasteiger partial charge < -0.3 is 10.3 Å². The Hall–Kier alpha value is -2.24. The van der Waals surface area contributed by atoms with Gasteiger partial charge in [0.2, 0.25) is 0 Å². The van der Waals surface area contributed by atoms with Crippen molar-refractivity contribution in [3.05, 3.63) is 59.7 Å². The summed E-state index contributed by atoms with van der Waals surface area (Å²) in [6.45, 7) is 4.24. The number of rotatable bonds is 5. The van der Waals surface area contributed by atoms with Crippen molar-refractivity contribution in [1.29, 1.82) is 0 Å². The molecule has 3 aromatic rings. The van der Waals surface area contributed by atoms with Crippen molar-refractivity contribution in [3.8, 4) is 0 Å². The van der Waals surface area contributed by atoms with Crippen molar-refractivity contribution in [1.82, 2.24) is 25.2 Å². The fourth-order valence-corrected chi connectivity index (χ4v) is 4.93. The topological polar surface area (TPSA) is 56.8 Å². The predicted octanol–water partition coefficient (Wildman–Crippen LogP) is 3.84. The third-order valence-electron chi connectivity index (χ3n) is 6.29. The number of hydrogen-bond acceptors (Lipinski definition) is 4. The third-order valence-corrected chi connectivity index (χ3v) is 6.29. The summed E-state index contributed by atoms with van der Waals surface area (Å²) in [7, 11) is 0. The SMILES string of the molecule is c1cnc2c(c1)CCCC2N(Cc1nc2ccccc2[nH]1)C[C@@H]1CCCNC1. The number of para-hydroxylation sites is 2. The second-order valence-corrected chi connectivity index (χ2v) is 8.30. The van der Waals surface area contributed by atoms with E-state index in [4.69, 9.17) is 9.97 Å². The maximum absolute atomic E-state index is 4.86. The Labute approximate surface area is 166 Å². The van der Waals surface area contributed by atoms with Gasteiger partial charge in [-0.15, -0.1) is 0 Å². The lowest BCUT2D eigenvalue weighted by Crippen LogP contribution is -2.40. The van der Waals surface area contributed by atoms with E-state index in [-0.39, 0.29) is 0 Å². The van der Waals surface area contributed by atoms with E-state index in [1.807, 2.05) is 6.20 Å². The standard InChI is InChI=1S/C23H29N5/c1-2-10-20-19(9-1)26-22(27-20)16-28(15-17-6-4-12-24-14-17)21-11-3-7-18-8-5-13-25-23(18)21/h1-2,5,8-10,13,17,21,24H,3-4,6-7,11-12,14-16H2,(H,26,27)/t17-,21?/m1/s1. The highest BCUT2D eigenvalue weighted by molar-refractivity contribution is 5.74. The zero-order valence-corrected chi connectivity index (χ0v) is 16.4. The van der Waals surface area contributed by atoms with Crippen LogP contribution in [0.5, 0.6) is 0 Å². The first-order valence-corrected chi connectivity index (χ1v) is 10.7. The molecule has 2 aromatic heterocycles. The molecule has 5 rings (SSSR count). The quantitative estimate of drug-likeness (QED) is 0.711. The maximum Gasteiger partial charge on any atom is 0.121 e. The maximum atomic E-state index is 4.86. The number of nitrogens with one attached hydrogen (secondary N) is 2. The van der Waals surface area contributed by atoms with Crippen LogP contribution in [-0.2, 0) is 13.0 Å². The number of pyridine rings is 1. The molecule has 0 radical (unpaired) electrons. The van der Waals surface area contributed by atoms with Crippen LogP contribution in [0.1, 0.15) is 48.8 Å². The average molecular weight is 376 g/mol. The number of benzene rings is 1. The monoisotopic (exact) mass is 375 g/mol. The second-order valence-electron chi connectivity index (χ2n) is 8.30. The van der Waals surface area contributed by atoms with Crippen molar-refractivity contribution in [3.63, 3.8) is 0 Å². The predicted molar refractivity (Wildman–Crippen MR) is 112 cm³/mol. The highest BCUT2D eigenvalue weighted by Gasteiger charge is 2.30. The molecule has 28 heavy (non-hydrogen) atoms. The molecule has 0 saturated carbocycles. The Morgan fingerprint density at radius 3 is 2.93 bits per heavy atom. The van der Waals surface area contributed by atoms with E-state index < -0.39 is 0 Å². The number of H-pyrrole nitrogens is 1. The van der Waals surface area contributed by atoms with Crippen LogP contribution in [0.3, 0.4) is 0 Å². The van der Waals surface area contributed by atoms with Gasteiger partial charge in [-0.25, -0.2) is 4.98 Å². The lowest BCUT2D eigenvalue weighted by Gasteiger charge is -2.37. The summed E-state index contributed by atoms with van der Waals surface area (Å²) < 4.78 is 0. The normalized spacial score (nSPS) is 22.5. The lowest BCUT2D eigenvalue weighted by molar-refractivity contribution is 0.126. The van der Waals surface area contributed by atoms with Gasteiger partial charge in [-0.3, -0.25) is 9.88 Å². The highest BCUT2D eigenvalue weighted by atomic mass is 15.2. The van der Waals surface area contributed by atoms with E-state index >= 15 is 0 Å². The van der Waals surface area contributed by atoms with Crippen LogP contribution in [0.2, 0.25) is 0 Å². The summed E-state index contributed by atoms with van der Waals surface area (Å²) >= 11 is 0. The number of hydrogen-bond donors (Lipinski definition) is 2. The largest absolute Gasteiger partial charge is 0.341 e. The van der Waals surface area contributed by atoms with E-state index in [1.165, 1.54) is 36.9 Å². The molecular weight excluding hydrogens is 346 g/mol. The Morgan fingerprint density at radius 2 is 2.04 bits per heavy atom. The minimum absolute atomic E-state index is 0.389. The molecule has 3 heterocycles. The van der Waals surface area contributed by atoms with Gasteiger partial charge in [0.15, 0.2) is 0 Å². The number of aromatic amines is 1. The summed E-state index contributed by atoms with van der Waals surface area (Å²) in [6, 6.07) is 13.0. The summed E-state index contributed by atoms with van der Waals surface area (Å²) in [4.78, 5) is 15.9. The summed E-state index contributed by atoms with van der Waals surface area (Å²) in [5.74, 6) is 1.76. The molecule has 146 valence electrons. The zero-order valence-electron chi connectivity index (χ0n) is 16.4. The van der Waals surface area contributed by atoms with E-state index in [2.05, 4.69) is 51.6 Å². The van der Waals surface area contributed by atoms with Crippen molar-refractivity contribution < 1.29 is 0 Å². The first kappa shape index (κ1) is 17.8. The van der Waals surface area contributed by atoms with Crippen LogP contribution in [0.15, 0.2) is 42.6 Å². The van der Waals surface area contributed by atoms with E-state index in [0.717, 1.165) is 49.5 Å². The van der Waals surface area contributed by atoms with E-state index in [9.17, 15) is 0 Å². The van der Waals surface area contributed by atoms with Crippen molar-refractivity contribution in [2.75, 3.05) is 19.6 Å². The fraction of sp³-hybridized carbons (Fsp3) is 0.478. The van der Waals surface area contributed by atoms with Gasteiger partial charge in [0.05, 0.1) is 29.3 Å². The van der Waals surface area contributed by atoms with E-state index in [0.29, 0.717) is 12.0 Å². The fourth-order valence-electron chi connectivity index (χ4n) is 4.93. The molecule has 1 aliphatic heterocycles. The Morgan fingerprint density at radius 1 is 1.07 bits per heavy atom. The Balaban J connectivity index is 1.44. The molecule has 2 aliphatic rings. The Kier molecular flexibility index (Phi) is 5.10. The molecule has 1 aliphatic carbocycles. The smallest absolute Gasteiger partial charge is 0.121 e. The van der Waals surface area contributed by atoms with Crippen LogP contribution in [0, 0.1) is 5.92 Å². The minimum Gasteiger partial charge on any atom is -0.341 e. The second kappa shape index (κ2) is 8.02. The van der Waals surface area contributed by atoms with Crippen molar-refractivity contribution >= 4 is 11.0 Å². The molecular formula is C23H29N5. The molecule has 1 fully saturated rings. The number of aromatic nitrogens is 3. The lowest BCUT2D eigenvalue weighted by atomic mass is 9.89. The van der Waals surface area contributed by atoms with Gasteiger partial charge in [-0.1, -0.05) is 18.2 Å². The molecule has 2 N–H and O–H groups in total. The third kappa shape index (κ3) is 3.69. The highest BCUT2D eigenvalue weighted by Crippen LogP contribution is 2.34. The van der Waals surface area contributed by atoms with Crippen molar-refractivity contribution in [2.24, 2.45) is 5.92 Å². The summed E-state index contributed by atoms with van der Waals surface area (Å²) in [5, 5.41) is 3.58. The summed E-state index contributed by atoms with van der Waals surface area (Å²) in [6.07, 6.45) is 8.13. The van der Waals surface area contributed by atoms with E-state index in [1.54, 1.807) is 0 Å². The molecule has 1 unspecified atom stereocenters.